The molecule has 1 aliphatic rings. The topological polar surface area (TPSA) is 80.6 Å². The highest BCUT2D eigenvalue weighted by Crippen LogP contribution is 2.37. The number of thiophene rings is 1. The summed E-state index contributed by atoms with van der Waals surface area (Å²) in [5.74, 6) is -1.11. The van der Waals surface area contributed by atoms with Crippen LogP contribution in [-0.4, -0.2) is 48.0 Å². The molecule has 3 aromatic rings. The SMILES string of the molecule is CN(C)C(=O)c1cccc(NC(=O)COC(=O)c2c(-n3cccc3)sc3c2CCCC3)c1. The number of aryl methyl sites for hydroxylation is 1. The molecule has 0 spiro atoms. The van der Waals surface area contributed by atoms with E-state index in [-0.39, 0.29) is 5.91 Å². The van der Waals surface area contributed by atoms with Gasteiger partial charge in [-0.25, -0.2) is 4.79 Å². The summed E-state index contributed by atoms with van der Waals surface area (Å²) in [5.41, 5.74) is 2.54. The maximum absolute atomic E-state index is 13.0. The molecule has 2 heterocycles. The molecule has 0 radical (unpaired) electrons. The van der Waals surface area contributed by atoms with Gasteiger partial charge in [0, 0.05) is 42.6 Å². The van der Waals surface area contributed by atoms with E-state index in [1.165, 1.54) is 9.78 Å². The fraction of sp³-hybridized carbons (Fsp3) is 0.292. The van der Waals surface area contributed by atoms with Crippen molar-refractivity contribution in [2.24, 2.45) is 0 Å². The van der Waals surface area contributed by atoms with Crippen molar-refractivity contribution in [3.05, 3.63) is 70.4 Å². The Morgan fingerprint density at radius 1 is 1.09 bits per heavy atom. The first kappa shape index (κ1) is 21.8. The van der Waals surface area contributed by atoms with Crippen molar-refractivity contribution in [1.29, 1.82) is 0 Å². The van der Waals surface area contributed by atoms with Gasteiger partial charge in [-0.1, -0.05) is 6.07 Å². The number of aromatic nitrogens is 1. The summed E-state index contributed by atoms with van der Waals surface area (Å²) in [7, 11) is 3.33. The molecule has 7 nitrogen and oxygen atoms in total. The first-order valence-electron chi connectivity index (χ1n) is 10.5. The summed E-state index contributed by atoms with van der Waals surface area (Å²) in [6, 6.07) is 10.5. The van der Waals surface area contributed by atoms with Crippen LogP contribution in [0.1, 0.15) is 44.0 Å². The Bertz CT molecular complexity index is 1150. The number of hydrogen-bond donors (Lipinski definition) is 1. The number of benzene rings is 1. The van der Waals surface area contributed by atoms with Crippen LogP contribution in [0.4, 0.5) is 5.69 Å². The summed E-state index contributed by atoms with van der Waals surface area (Å²) in [6.45, 7) is -0.402. The molecule has 1 N–H and O–H groups in total. The van der Waals surface area contributed by atoms with E-state index in [0.29, 0.717) is 16.8 Å². The van der Waals surface area contributed by atoms with E-state index in [2.05, 4.69) is 5.32 Å². The van der Waals surface area contributed by atoms with Crippen molar-refractivity contribution < 1.29 is 19.1 Å². The van der Waals surface area contributed by atoms with Crippen LogP contribution >= 0.6 is 11.3 Å². The molecule has 2 aromatic heterocycles. The molecule has 0 fully saturated rings. The lowest BCUT2D eigenvalue weighted by Crippen LogP contribution is -2.23. The summed E-state index contributed by atoms with van der Waals surface area (Å²) < 4.78 is 7.33. The van der Waals surface area contributed by atoms with Crippen LogP contribution in [-0.2, 0) is 22.4 Å². The minimum atomic E-state index is -0.486. The largest absolute Gasteiger partial charge is 0.452 e. The molecule has 32 heavy (non-hydrogen) atoms. The minimum Gasteiger partial charge on any atom is -0.452 e. The third-order valence-corrected chi connectivity index (χ3v) is 6.63. The van der Waals surface area contributed by atoms with Gasteiger partial charge in [-0.2, -0.15) is 0 Å². The predicted molar refractivity (Wildman–Crippen MR) is 124 cm³/mol. The minimum absolute atomic E-state index is 0.160. The molecule has 1 aromatic carbocycles. The van der Waals surface area contributed by atoms with Crippen LogP contribution < -0.4 is 5.32 Å². The zero-order valence-corrected chi connectivity index (χ0v) is 18.9. The van der Waals surface area contributed by atoms with Crippen molar-refractivity contribution in [3.8, 4) is 5.00 Å². The maximum atomic E-state index is 13.0. The van der Waals surface area contributed by atoms with Crippen LogP contribution in [0.15, 0.2) is 48.8 Å². The number of fused-ring (bicyclic) bond motifs is 1. The van der Waals surface area contributed by atoms with Gasteiger partial charge < -0.3 is 19.5 Å². The van der Waals surface area contributed by atoms with E-state index >= 15 is 0 Å². The Morgan fingerprint density at radius 2 is 1.84 bits per heavy atom. The molecule has 0 saturated carbocycles. The lowest BCUT2D eigenvalue weighted by atomic mass is 9.95. The number of nitrogens with zero attached hydrogens (tertiary/aromatic N) is 2. The zero-order valence-electron chi connectivity index (χ0n) is 18.1. The monoisotopic (exact) mass is 451 g/mol. The average Bonchev–Trinajstić information content (AvgIpc) is 3.44. The van der Waals surface area contributed by atoms with Crippen molar-refractivity contribution in [3.63, 3.8) is 0 Å². The van der Waals surface area contributed by atoms with Gasteiger partial charge in [-0.05, 0) is 61.6 Å². The third-order valence-electron chi connectivity index (χ3n) is 5.33. The van der Waals surface area contributed by atoms with Crippen molar-refractivity contribution in [2.75, 3.05) is 26.0 Å². The summed E-state index contributed by atoms with van der Waals surface area (Å²) in [4.78, 5) is 40.2. The summed E-state index contributed by atoms with van der Waals surface area (Å²) in [6.07, 6.45) is 7.77. The van der Waals surface area contributed by atoms with Crippen LogP contribution in [0.5, 0.6) is 0 Å². The average molecular weight is 452 g/mol. The second-order valence-electron chi connectivity index (χ2n) is 7.89. The van der Waals surface area contributed by atoms with Crippen LogP contribution in [0.3, 0.4) is 0 Å². The molecule has 1 aliphatic carbocycles. The van der Waals surface area contributed by atoms with E-state index in [1.54, 1.807) is 49.7 Å². The third kappa shape index (κ3) is 4.60. The van der Waals surface area contributed by atoms with Gasteiger partial charge in [0.1, 0.15) is 5.00 Å². The van der Waals surface area contributed by atoms with Gasteiger partial charge in [0.15, 0.2) is 6.61 Å². The van der Waals surface area contributed by atoms with Gasteiger partial charge >= 0.3 is 5.97 Å². The highest BCUT2D eigenvalue weighted by atomic mass is 32.1. The number of amides is 2. The fourth-order valence-electron chi connectivity index (χ4n) is 3.80. The number of anilines is 1. The Labute approximate surface area is 190 Å². The number of carbonyl (C=O) groups is 3. The standard InChI is InChI=1S/C24H25N3O4S/c1-26(2)22(29)16-8-7-9-17(14-16)25-20(28)15-31-24(30)21-18-10-3-4-11-19(18)32-23(21)27-12-5-6-13-27/h5-9,12-14H,3-4,10-11,15H2,1-2H3,(H,25,28). The summed E-state index contributed by atoms with van der Waals surface area (Å²) >= 11 is 1.62. The highest BCUT2D eigenvalue weighted by Gasteiger charge is 2.27. The number of ether oxygens (including phenoxy) is 1. The van der Waals surface area contributed by atoms with Gasteiger partial charge in [-0.15, -0.1) is 11.3 Å². The van der Waals surface area contributed by atoms with E-state index < -0.39 is 18.5 Å². The van der Waals surface area contributed by atoms with Crippen molar-refractivity contribution in [2.45, 2.75) is 25.7 Å². The molecule has 0 saturated heterocycles. The molecular weight excluding hydrogens is 426 g/mol. The van der Waals surface area contributed by atoms with Gasteiger partial charge in [0.25, 0.3) is 11.8 Å². The predicted octanol–water partition coefficient (Wildman–Crippen LogP) is 3.91. The number of esters is 1. The Kier molecular flexibility index (Phi) is 6.41. The Balaban J connectivity index is 1.46. The lowest BCUT2D eigenvalue weighted by molar-refractivity contribution is -0.119. The molecule has 4 rings (SSSR count). The normalized spacial score (nSPS) is 12.7. The quantitative estimate of drug-likeness (QED) is 0.576. The Morgan fingerprint density at radius 3 is 2.59 bits per heavy atom. The second-order valence-corrected chi connectivity index (χ2v) is 8.97. The lowest BCUT2D eigenvalue weighted by Gasteiger charge is -2.13. The molecule has 166 valence electrons. The fourth-order valence-corrected chi connectivity index (χ4v) is 5.15. The molecular formula is C24H25N3O4S. The molecule has 0 atom stereocenters. The molecule has 0 bridgehead atoms. The van der Waals surface area contributed by atoms with E-state index in [0.717, 1.165) is 36.2 Å². The van der Waals surface area contributed by atoms with E-state index in [1.807, 2.05) is 29.1 Å². The van der Waals surface area contributed by atoms with Crippen molar-refractivity contribution in [1.82, 2.24) is 9.47 Å². The van der Waals surface area contributed by atoms with E-state index in [4.69, 9.17) is 4.74 Å². The van der Waals surface area contributed by atoms with Gasteiger partial charge in [0.2, 0.25) is 0 Å². The number of carbonyl (C=O) groups excluding carboxylic acids is 3. The number of hydrogen-bond acceptors (Lipinski definition) is 5. The first-order chi connectivity index (χ1) is 15.4. The molecule has 0 aliphatic heterocycles. The Hall–Kier alpha value is -3.39. The molecule has 8 heteroatoms. The van der Waals surface area contributed by atoms with Crippen LogP contribution in [0.2, 0.25) is 0 Å². The van der Waals surface area contributed by atoms with Crippen LogP contribution in [0.25, 0.3) is 5.00 Å². The number of rotatable bonds is 6. The van der Waals surface area contributed by atoms with Crippen molar-refractivity contribution >= 4 is 34.8 Å². The maximum Gasteiger partial charge on any atom is 0.341 e. The summed E-state index contributed by atoms with van der Waals surface area (Å²) in [5, 5.41) is 3.53. The second kappa shape index (κ2) is 9.40. The molecule has 2 amide bonds. The molecule has 0 unspecified atom stereocenters. The highest BCUT2D eigenvalue weighted by molar-refractivity contribution is 7.15. The van der Waals surface area contributed by atoms with Crippen LogP contribution in [0, 0.1) is 0 Å². The van der Waals surface area contributed by atoms with Gasteiger partial charge in [0.05, 0.1) is 5.56 Å². The van der Waals surface area contributed by atoms with E-state index in [9.17, 15) is 14.4 Å². The first-order valence-corrected chi connectivity index (χ1v) is 11.3. The number of nitrogens with one attached hydrogen (secondary N) is 1. The smallest absolute Gasteiger partial charge is 0.341 e. The van der Waals surface area contributed by atoms with Gasteiger partial charge in [-0.3, -0.25) is 9.59 Å². The zero-order chi connectivity index (χ0) is 22.7.